The van der Waals surface area contributed by atoms with Gasteiger partial charge in [-0.05, 0) is 30.5 Å². The van der Waals surface area contributed by atoms with Crippen LogP contribution in [0.15, 0.2) is 59.4 Å². The standard InChI is InChI=1S/C18H18N2O/c1-3-15-17(14-10-5-4-6-11-14)19-20(18(15)21)16-12-8-7-9-13(16)2/h4-12,19H,3H2,1-2H3. The highest BCUT2D eigenvalue weighted by Crippen LogP contribution is 2.21. The lowest BCUT2D eigenvalue weighted by Crippen LogP contribution is -2.17. The molecule has 0 spiro atoms. The average molecular weight is 278 g/mol. The fourth-order valence-corrected chi connectivity index (χ4v) is 2.63. The maximum Gasteiger partial charge on any atom is 0.275 e. The molecule has 106 valence electrons. The molecule has 3 nitrogen and oxygen atoms in total. The van der Waals surface area contributed by atoms with Gasteiger partial charge in [0.25, 0.3) is 5.56 Å². The highest BCUT2D eigenvalue weighted by molar-refractivity contribution is 5.63. The van der Waals surface area contributed by atoms with Crippen LogP contribution < -0.4 is 5.56 Å². The summed E-state index contributed by atoms with van der Waals surface area (Å²) in [6, 6.07) is 17.9. The van der Waals surface area contributed by atoms with Gasteiger partial charge in [0.05, 0.1) is 11.4 Å². The Balaban J connectivity index is 2.24. The molecule has 21 heavy (non-hydrogen) atoms. The van der Waals surface area contributed by atoms with Crippen molar-refractivity contribution in [3.8, 4) is 16.9 Å². The van der Waals surface area contributed by atoms with Crippen molar-refractivity contribution in [2.75, 3.05) is 0 Å². The number of H-pyrrole nitrogens is 1. The van der Waals surface area contributed by atoms with Crippen molar-refractivity contribution in [2.45, 2.75) is 20.3 Å². The molecule has 0 aliphatic carbocycles. The van der Waals surface area contributed by atoms with Gasteiger partial charge in [-0.2, -0.15) is 0 Å². The predicted molar refractivity (Wildman–Crippen MR) is 85.9 cm³/mol. The van der Waals surface area contributed by atoms with Gasteiger partial charge in [-0.3, -0.25) is 9.89 Å². The number of rotatable bonds is 3. The lowest BCUT2D eigenvalue weighted by Gasteiger charge is -2.05. The number of aryl methyl sites for hydroxylation is 1. The fraction of sp³-hybridized carbons (Fsp3) is 0.167. The minimum Gasteiger partial charge on any atom is -0.290 e. The topological polar surface area (TPSA) is 37.8 Å². The summed E-state index contributed by atoms with van der Waals surface area (Å²) in [5.41, 5.74) is 4.78. The maximum atomic E-state index is 12.7. The number of nitrogens with zero attached hydrogens (tertiary/aromatic N) is 1. The molecule has 1 heterocycles. The second-order valence-corrected chi connectivity index (χ2v) is 5.11. The van der Waals surface area contributed by atoms with Crippen LogP contribution in [0.5, 0.6) is 0 Å². The van der Waals surface area contributed by atoms with Crippen molar-refractivity contribution in [3.05, 3.63) is 76.1 Å². The third-order valence-electron chi connectivity index (χ3n) is 3.76. The summed E-state index contributed by atoms with van der Waals surface area (Å²) in [4.78, 5) is 12.7. The van der Waals surface area contributed by atoms with Crippen molar-refractivity contribution in [1.29, 1.82) is 0 Å². The second-order valence-electron chi connectivity index (χ2n) is 5.11. The summed E-state index contributed by atoms with van der Waals surface area (Å²) in [7, 11) is 0. The molecule has 1 N–H and O–H groups in total. The zero-order chi connectivity index (χ0) is 14.8. The zero-order valence-corrected chi connectivity index (χ0v) is 12.3. The van der Waals surface area contributed by atoms with Crippen molar-refractivity contribution in [2.24, 2.45) is 0 Å². The summed E-state index contributed by atoms with van der Waals surface area (Å²) >= 11 is 0. The number of para-hydroxylation sites is 1. The summed E-state index contributed by atoms with van der Waals surface area (Å²) in [5, 5.41) is 3.28. The SMILES string of the molecule is CCc1c(-c2ccccc2)[nH]n(-c2ccccc2C)c1=O. The van der Waals surface area contributed by atoms with Crippen LogP contribution in [0, 0.1) is 6.92 Å². The molecule has 0 radical (unpaired) electrons. The molecule has 0 atom stereocenters. The quantitative estimate of drug-likeness (QED) is 0.779. The summed E-state index contributed by atoms with van der Waals surface area (Å²) in [5.74, 6) is 0. The first-order valence-electron chi connectivity index (χ1n) is 7.17. The van der Waals surface area contributed by atoms with E-state index in [9.17, 15) is 4.79 Å². The van der Waals surface area contributed by atoms with Crippen molar-refractivity contribution in [3.63, 3.8) is 0 Å². The molecular formula is C18H18N2O. The monoisotopic (exact) mass is 278 g/mol. The van der Waals surface area contributed by atoms with E-state index in [0.29, 0.717) is 6.42 Å². The van der Waals surface area contributed by atoms with E-state index in [4.69, 9.17) is 0 Å². The first-order valence-corrected chi connectivity index (χ1v) is 7.17. The van der Waals surface area contributed by atoms with Crippen LogP contribution in [0.1, 0.15) is 18.1 Å². The Kier molecular flexibility index (Phi) is 3.48. The molecule has 1 aromatic heterocycles. The minimum absolute atomic E-state index is 0.0330. The molecule has 0 aliphatic heterocycles. The summed E-state index contributed by atoms with van der Waals surface area (Å²) in [6.07, 6.45) is 0.707. The van der Waals surface area contributed by atoms with Crippen LogP contribution in [-0.2, 0) is 6.42 Å². The Bertz CT molecular complexity index is 813. The molecule has 0 saturated heterocycles. The van der Waals surface area contributed by atoms with Crippen molar-refractivity contribution >= 4 is 0 Å². The minimum atomic E-state index is 0.0330. The van der Waals surface area contributed by atoms with Crippen LogP contribution in [0.25, 0.3) is 16.9 Å². The van der Waals surface area contributed by atoms with Gasteiger partial charge in [-0.15, -0.1) is 0 Å². The molecule has 0 amide bonds. The largest absolute Gasteiger partial charge is 0.290 e. The molecule has 0 bridgehead atoms. The molecule has 2 aromatic carbocycles. The molecule has 3 rings (SSSR count). The van der Waals surface area contributed by atoms with E-state index in [1.165, 1.54) is 0 Å². The highest BCUT2D eigenvalue weighted by Gasteiger charge is 2.15. The predicted octanol–water partition coefficient (Wildman–Crippen LogP) is 3.70. The molecule has 3 aromatic rings. The number of aromatic amines is 1. The molecule has 3 heteroatoms. The van der Waals surface area contributed by atoms with E-state index in [-0.39, 0.29) is 5.56 Å². The smallest absolute Gasteiger partial charge is 0.275 e. The first kappa shape index (κ1) is 13.4. The van der Waals surface area contributed by atoms with Gasteiger partial charge in [0, 0.05) is 5.56 Å². The summed E-state index contributed by atoms with van der Waals surface area (Å²) < 4.78 is 1.65. The van der Waals surface area contributed by atoms with Gasteiger partial charge in [0.2, 0.25) is 0 Å². The van der Waals surface area contributed by atoms with Crippen LogP contribution in [0.2, 0.25) is 0 Å². The normalized spacial score (nSPS) is 10.8. The van der Waals surface area contributed by atoms with Crippen molar-refractivity contribution in [1.82, 2.24) is 9.78 Å². The maximum absolute atomic E-state index is 12.7. The van der Waals surface area contributed by atoms with E-state index in [1.807, 2.05) is 68.4 Å². The van der Waals surface area contributed by atoms with Gasteiger partial charge in [-0.25, -0.2) is 4.68 Å². The lowest BCUT2D eigenvalue weighted by molar-refractivity contribution is 0.842. The van der Waals surface area contributed by atoms with E-state index in [2.05, 4.69) is 5.10 Å². The third-order valence-corrected chi connectivity index (χ3v) is 3.76. The van der Waals surface area contributed by atoms with Gasteiger partial charge in [0.15, 0.2) is 0 Å². The van der Waals surface area contributed by atoms with Crippen LogP contribution in [-0.4, -0.2) is 9.78 Å². The van der Waals surface area contributed by atoms with Crippen molar-refractivity contribution < 1.29 is 0 Å². The van der Waals surface area contributed by atoms with Gasteiger partial charge in [-0.1, -0.05) is 55.5 Å². The Morgan fingerprint density at radius 3 is 2.33 bits per heavy atom. The molecule has 0 saturated carbocycles. The molecule has 0 fully saturated rings. The van der Waals surface area contributed by atoms with E-state index >= 15 is 0 Å². The number of hydrogen-bond acceptors (Lipinski definition) is 1. The summed E-state index contributed by atoms with van der Waals surface area (Å²) in [6.45, 7) is 4.02. The Morgan fingerprint density at radius 1 is 1.00 bits per heavy atom. The van der Waals surface area contributed by atoms with Crippen LogP contribution >= 0.6 is 0 Å². The number of nitrogens with one attached hydrogen (secondary N) is 1. The number of hydrogen-bond donors (Lipinski definition) is 1. The van der Waals surface area contributed by atoms with E-state index in [0.717, 1.165) is 28.1 Å². The molecular weight excluding hydrogens is 260 g/mol. The number of aromatic nitrogens is 2. The van der Waals surface area contributed by atoms with E-state index < -0.39 is 0 Å². The number of benzene rings is 2. The first-order chi connectivity index (χ1) is 10.2. The van der Waals surface area contributed by atoms with Crippen LogP contribution in [0.4, 0.5) is 0 Å². The van der Waals surface area contributed by atoms with Gasteiger partial charge in [0.1, 0.15) is 0 Å². The molecule has 0 unspecified atom stereocenters. The zero-order valence-electron chi connectivity index (χ0n) is 12.3. The Hall–Kier alpha value is -2.55. The fourth-order valence-electron chi connectivity index (χ4n) is 2.63. The van der Waals surface area contributed by atoms with Gasteiger partial charge < -0.3 is 0 Å². The second kappa shape index (κ2) is 5.44. The third kappa shape index (κ3) is 2.31. The molecule has 0 aliphatic rings. The van der Waals surface area contributed by atoms with Crippen LogP contribution in [0.3, 0.4) is 0 Å². The Labute approximate surface area is 123 Å². The average Bonchev–Trinajstić information content (AvgIpc) is 2.85. The lowest BCUT2D eigenvalue weighted by atomic mass is 10.1. The van der Waals surface area contributed by atoms with E-state index in [1.54, 1.807) is 4.68 Å². The van der Waals surface area contributed by atoms with Gasteiger partial charge >= 0.3 is 0 Å². The highest BCUT2D eigenvalue weighted by atomic mass is 16.1. The Morgan fingerprint density at radius 2 is 1.67 bits per heavy atom.